The maximum absolute atomic E-state index is 12.0. The summed E-state index contributed by atoms with van der Waals surface area (Å²) in [5, 5.41) is 0. The molecule has 110 valence electrons. The molecule has 5 heteroatoms. The van der Waals surface area contributed by atoms with Gasteiger partial charge in [-0.3, -0.25) is 4.79 Å². The number of nitrogens with two attached hydrogens (primary N) is 1. The first-order valence-corrected chi connectivity index (χ1v) is 6.96. The fraction of sp³-hybridized carbons (Fsp3) is 0.533. The molecular formula is C15H22N2O3. The normalized spacial score (nSPS) is 18.0. The lowest BCUT2D eigenvalue weighted by molar-refractivity contribution is -0.133. The van der Waals surface area contributed by atoms with Gasteiger partial charge in [-0.2, -0.15) is 0 Å². The average molecular weight is 278 g/mol. The Labute approximate surface area is 119 Å². The van der Waals surface area contributed by atoms with Crippen LogP contribution in [0, 0.1) is 0 Å². The minimum Gasteiger partial charge on any atom is -0.484 e. The van der Waals surface area contributed by atoms with Gasteiger partial charge in [0.05, 0.1) is 6.10 Å². The van der Waals surface area contributed by atoms with Gasteiger partial charge in [-0.15, -0.1) is 0 Å². The van der Waals surface area contributed by atoms with Crippen molar-refractivity contribution < 1.29 is 14.3 Å². The Bertz CT molecular complexity index is 427. The van der Waals surface area contributed by atoms with Crippen molar-refractivity contribution in [2.45, 2.75) is 25.5 Å². The summed E-state index contributed by atoms with van der Waals surface area (Å²) in [5.74, 6) is 0.643. The van der Waals surface area contributed by atoms with Gasteiger partial charge in [0.2, 0.25) is 0 Å². The van der Waals surface area contributed by atoms with Crippen LogP contribution in [-0.2, 0) is 16.1 Å². The summed E-state index contributed by atoms with van der Waals surface area (Å²) in [5.41, 5.74) is 6.57. The lowest BCUT2D eigenvalue weighted by atomic mass is 10.2. The molecule has 2 rings (SSSR count). The first-order valence-electron chi connectivity index (χ1n) is 6.96. The van der Waals surface area contributed by atoms with Gasteiger partial charge in [-0.05, 0) is 30.5 Å². The number of likely N-dealkylation sites (N-methyl/N-ethyl adjacent to an activating group) is 1. The standard InChI is InChI=1S/C15H22N2O3/c1-17(10-14-3-2-8-19-14)15(18)11-20-13-6-4-12(9-16)5-7-13/h4-7,14H,2-3,8-11,16H2,1H3. The summed E-state index contributed by atoms with van der Waals surface area (Å²) in [7, 11) is 1.78. The quantitative estimate of drug-likeness (QED) is 0.848. The monoisotopic (exact) mass is 278 g/mol. The summed E-state index contributed by atoms with van der Waals surface area (Å²) in [4.78, 5) is 13.6. The number of nitrogens with zero attached hydrogens (tertiary/aromatic N) is 1. The molecular weight excluding hydrogens is 256 g/mol. The van der Waals surface area contributed by atoms with Crippen LogP contribution in [0.5, 0.6) is 5.75 Å². The second kappa shape index (κ2) is 7.26. The third kappa shape index (κ3) is 4.21. The third-order valence-electron chi connectivity index (χ3n) is 3.45. The minimum absolute atomic E-state index is 0.0385. The number of carbonyl (C=O) groups excluding carboxylic acids is 1. The number of amides is 1. The number of rotatable bonds is 6. The van der Waals surface area contributed by atoms with Gasteiger partial charge < -0.3 is 20.1 Å². The third-order valence-corrected chi connectivity index (χ3v) is 3.45. The van der Waals surface area contributed by atoms with Crippen LogP contribution in [0.4, 0.5) is 0 Å². The Balaban J connectivity index is 1.75. The van der Waals surface area contributed by atoms with Gasteiger partial charge in [0.25, 0.3) is 5.91 Å². The van der Waals surface area contributed by atoms with Crippen molar-refractivity contribution in [3.05, 3.63) is 29.8 Å². The van der Waals surface area contributed by atoms with E-state index in [0.29, 0.717) is 18.8 Å². The molecule has 1 unspecified atom stereocenters. The Morgan fingerprint density at radius 1 is 1.45 bits per heavy atom. The lowest BCUT2D eigenvalue weighted by Crippen LogP contribution is -2.37. The maximum atomic E-state index is 12.0. The predicted molar refractivity (Wildman–Crippen MR) is 76.4 cm³/mol. The van der Waals surface area contributed by atoms with Crippen molar-refractivity contribution in [3.63, 3.8) is 0 Å². The minimum atomic E-state index is -0.0385. The molecule has 0 spiro atoms. The van der Waals surface area contributed by atoms with Crippen molar-refractivity contribution in [1.29, 1.82) is 0 Å². The second-order valence-electron chi connectivity index (χ2n) is 5.05. The molecule has 1 aromatic rings. The van der Waals surface area contributed by atoms with Crippen LogP contribution in [0.15, 0.2) is 24.3 Å². The molecule has 1 saturated heterocycles. The largest absolute Gasteiger partial charge is 0.484 e. The van der Waals surface area contributed by atoms with Crippen LogP contribution in [0.3, 0.4) is 0 Å². The smallest absolute Gasteiger partial charge is 0.260 e. The number of benzene rings is 1. The summed E-state index contributed by atoms with van der Waals surface area (Å²) in [6.07, 6.45) is 2.28. The number of carbonyl (C=O) groups is 1. The van der Waals surface area contributed by atoms with Crippen LogP contribution in [0.1, 0.15) is 18.4 Å². The Morgan fingerprint density at radius 2 is 2.20 bits per heavy atom. The molecule has 5 nitrogen and oxygen atoms in total. The van der Waals surface area contributed by atoms with Crippen molar-refractivity contribution in [2.75, 3.05) is 26.8 Å². The van der Waals surface area contributed by atoms with Gasteiger partial charge in [0.15, 0.2) is 6.61 Å². The highest BCUT2D eigenvalue weighted by Gasteiger charge is 2.20. The van der Waals surface area contributed by atoms with Crippen LogP contribution < -0.4 is 10.5 Å². The van der Waals surface area contributed by atoms with E-state index >= 15 is 0 Å². The first kappa shape index (κ1) is 14.8. The number of hydrogen-bond acceptors (Lipinski definition) is 4. The number of hydrogen-bond donors (Lipinski definition) is 1. The zero-order chi connectivity index (χ0) is 14.4. The molecule has 20 heavy (non-hydrogen) atoms. The van der Waals surface area contributed by atoms with Crippen LogP contribution in [0.2, 0.25) is 0 Å². The fourth-order valence-electron chi connectivity index (χ4n) is 2.17. The first-order chi connectivity index (χ1) is 9.69. The van der Waals surface area contributed by atoms with Crippen molar-refractivity contribution in [3.8, 4) is 5.75 Å². The predicted octanol–water partition coefficient (Wildman–Crippen LogP) is 1.16. The second-order valence-corrected chi connectivity index (χ2v) is 5.05. The molecule has 0 bridgehead atoms. The highest BCUT2D eigenvalue weighted by molar-refractivity contribution is 5.77. The van der Waals surface area contributed by atoms with E-state index in [2.05, 4.69) is 0 Å². The summed E-state index contributed by atoms with van der Waals surface area (Å²) in [6, 6.07) is 7.46. The molecule has 1 atom stereocenters. The van der Waals surface area contributed by atoms with Gasteiger partial charge in [-0.25, -0.2) is 0 Å². The van der Waals surface area contributed by atoms with Crippen LogP contribution in [-0.4, -0.2) is 43.7 Å². The lowest BCUT2D eigenvalue weighted by Gasteiger charge is -2.20. The topological polar surface area (TPSA) is 64.8 Å². The zero-order valence-corrected chi connectivity index (χ0v) is 11.9. The zero-order valence-electron chi connectivity index (χ0n) is 11.9. The van der Waals surface area contributed by atoms with E-state index in [9.17, 15) is 4.79 Å². The molecule has 0 aromatic heterocycles. The summed E-state index contributed by atoms with van der Waals surface area (Å²) in [6.45, 7) is 1.99. The molecule has 1 aromatic carbocycles. The SMILES string of the molecule is CN(CC1CCCO1)C(=O)COc1ccc(CN)cc1. The summed E-state index contributed by atoms with van der Waals surface area (Å²) < 4.78 is 11.0. The maximum Gasteiger partial charge on any atom is 0.260 e. The van der Waals surface area contributed by atoms with Crippen molar-refractivity contribution in [1.82, 2.24) is 4.90 Å². The molecule has 0 aliphatic carbocycles. The van der Waals surface area contributed by atoms with Gasteiger partial charge >= 0.3 is 0 Å². The molecule has 1 aliphatic rings. The van der Waals surface area contributed by atoms with E-state index in [0.717, 1.165) is 25.0 Å². The fourth-order valence-corrected chi connectivity index (χ4v) is 2.17. The van der Waals surface area contributed by atoms with Crippen LogP contribution >= 0.6 is 0 Å². The van der Waals surface area contributed by atoms with E-state index in [4.69, 9.17) is 15.2 Å². The average Bonchev–Trinajstić information content (AvgIpc) is 2.98. The molecule has 0 radical (unpaired) electrons. The Kier molecular flexibility index (Phi) is 5.38. The molecule has 1 amide bonds. The molecule has 0 saturated carbocycles. The summed E-state index contributed by atoms with van der Waals surface area (Å²) >= 11 is 0. The van der Waals surface area contributed by atoms with E-state index in [1.165, 1.54) is 0 Å². The molecule has 1 aliphatic heterocycles. The highest BCUT2D eigenvalue weighted by atomic mass is 16.5. The van der Waals surface area contributed by atoms with Crippen molar-refractivity contribution >= 4 is 5.91 Å². The highest BCUT2D eigenvalue weighted by Crippen LogP contribution is 2.14. The van der Waals surface area contributed by atoms with Crippen molar-refractivity contribution in [2.24, 2.45) is 5.73 Å². The molecule has 1 heterocycles. The van der Waals surface area contributed by atoms with E-state index < -0.39 is 0 Å². The van der Waals surface area contributed by atoms with Gasteiger partial charge in [0, 0.05) is 26.7 Å². The number of ether oxygens (including phenoxy) is 2. The van der Waals surface area contributed by atoms with Gasteiger partial charge in [-0.1, -0.05) is 12.1 Å². The molecule has 1 fully saturated rings. The Morgan fingerprint density at radius 3 is 2.80 bits per heavy atom. The van der Waals surface area contributed by atoms with E-state index in [1.807, 2.05) is 24.3 Å². The molecule has 2 N–H and O–H groups in total. The van der Waals surface area contributed by atoms with Crippen LogP contribution in [0.25, 0.3) is 0 Å². The van der Waals surface area contributed by atoms with Gasteiger partial charge in [0.1, 0.15) is 5.75 Å². The Hall–Kier alpha value is -1.59. The van der Waals surface area contributed by atoms with E-state index in [1.54, 1.807) is 11.9 Å². The van der Waals surface area contributed by atoms with E-state index in [-0.39, 0.29) is 18.6 Å².